The number of rotatable bonds is 5. The molecule has 0 saturated heterocycles. The van der Waals surface area contributed by atoms with E-state index in [0.29, 0.717) is 27.4 Å². The summed E-state index contributed by atoms with van der Waals surface area (Å²) in [4.78, 5) is 26.3. The summed E-state index contributed by atoms with van der Waals surface area (Å²) in [5.74, 6) is 0.673. The second-order valence-electron chi connectivity index (χ2n) is 8.07. The summed E-state index contributed by atoms with van der Waals surface area (Å²) in [5.41, 5.74) is 5.21. The van der Waals surface area contributed by atoms with Gasteiger partial charge in [-0.3, -0.25) is 14.0 Å². The fourth-order valence-electron chi connectivity index (χ4n) is 3.93. The van der Waals surface area contributed by atoms with Gasteiger partial charge < -0.3 is 0 Å². The fourth-order valence-corrected chi connectivity index (χ4v) is 4.77. The lowest BCUT2D eigenvalue weighted by Crippen LogP contribution is -2.22. The van der Waals surface area contributed by atoms with Crippen LogP contribution in [-0.2, 0) is 0 Å². The van der Waals surface area contributed by atoms with E-state index < -0.39 is 0 Å². The van der Waals surface area contributed by atoms with Crippen LogP contribution in [-0.4, -0.2) is 30.7 Å². The van der Waals surface area contributed by atoms with Gasteiger partial charge in [-0.25, -0.2) is 4.57 Å². The molecular weight excluding hydrogens is 432 g/mol. The number of benzene rings is 3. The summed E-state index contributed by atoms with van der Waals surface area (Å²) in [6.45, 7) is 5.99. The van der Waals surface area contributed by atoms with Crippen molar-refractivity contribution in [2.45, 2.75) is 25.9 Å². The monoisotopic (exact) mass is 454 g/mol. The zero-order chi connectivity index (χ0) is 23.1. The zero-order valence-electron chi connectivity index (χ0n) is 18.6. The first kappa shape index (κ1) is 21.2. The first-order chi connectivity index (χ1) is 16.0. The van der Waals surface area contributed by atoms with Crippen molar-refractivity contribution < 1.29 is 4.79 Å². The van der Waals surface area contributed by atoms with Gasteiger partial charge in [-0.1, -0.05) is 54.2 Å². The molecule has 0 bridgehead atoms. The van der Waals surface area contributed by atoms with Crippen LogP contribution >= 0.6 is 11.8 Å². The molecule has 0 saturated carbocycles. The van der Waals surface area contributed by atoms with E-state index in [-0.39, 0.29) is 17.1 Å². The van der Waals surface area contributed by atoms with Crippen LogP contribution in [0.3, 0.4) is 0 Å². The Morgan fingerprint density at radius 2 is 1.64 bits per heavy atom. The summed E-state index contributed by atoms with van der Waals surface area (Å²) in [5, 5.41) is 9.87. The van der Waals surface area contributed by atoms with Gasteiger partial charge in [0.25, 0.3) is 5.56 Å². The van der Waals surface area contributed by atoms with Gasteiger partial charge in [-0.2, -0.15) is 0 Å². The second-order valence-corrected chi connectivity index (χ2v) is 9.02. The summed E-state index contributed by atoms with van der Waals surface area (Å²) in [6.07, 6.45) is 0. The molecule has 6 nitrogen and oxygen atoms in total. The van der Waals surface area contributed by atoms with Crippen molar-refractivity contribution in [3.8, 4) is 5.69 Å². The largest absolute Gasteiger partial charge is 0.293 e. The predicted molar refractivity (Wildman–Crippen MR) is 132 cm³/mol. The van der Waals surface area contributed by atoms with Gasteiger partial charge in [-0.15, -0.1) is 10.2 Å². The summed E-state index contributed by atoms with van der Waals surface area (Å²) in [7, 11) is 0. The standard InChI is InChI=1S/C26H22N4O2S/c1-16-12-13-19(14-18(16)3)23(31)15-33-26-28-27-25-29(21-10-6-4-8-17(21)2)24(32)20-9-5-7-11-22(20)30(25)26/h4-14H,15H2,1-3H3. The van der Waals surface area contributed by atoms with Crippen molar-refractivity contribution >= 4 is 34.2 Å². The zero-order valence-corrected chi connectivity index (χ0v) is 19.4. The molecule has 2 heterocycles. The Bertz CT molecular complexity index is 1600. The normalized spacial score (nSPS) is 11.4. The highest BCUT2D eigenvalue weighted by atomic mass is 32.2. The molecule has 5 aromatic rings. The quantitative estimate of drug-likeness (QED) is 0.278. The number of Topliss-reactive ketones (excluding diaryl/α,β-unsaturated/α-hetero) is 1. The highest BCUT2D eigenvalue weighted by molar-refractivity contribution is 7.99. The van der Waals surface area contributed by atoms with Gasteiger partial charge in [0.05, 0.1) is 22.3 Å². The van der Waals surface area contributed by atoms with Crippen molar-refractivity contribution in [1.82, 2.24) is 19.2 Å². The van der Waals surface area contributed by atoms with Gasteiger partial charge in [0.15, 0.2) is 10.9 Å². The number of hydrogen-bond acceptors (Lipinski definition) is 5. The SMILES string of the molecule is Cc1ccc(C(=O)CSc2nnc3n(-c4ccccc4C)c(=O)c4ccccc4n23)cc1C. The molecule has 0 spiro atoms. The number of hydrogen-bond donors (Lipinski definition) is 0. The van der Waals surface area contributed by atoms with Crippen molar-refractivity contribution in [3.63, 3.8) is 0 Å². The minimum Gasteiger partial charge on any atom is -0.293 e. The van der Waals surface area contributed by atoms with Gasteiger partial charge >= 0.3 is 0 Å². The van der Waals surface area contributed by atoms with Gasteiger partial charge in [-0.05, 0) is 61.7 Å². The number of fused-ring (bicyclic) bond motifs is 3. The lowest BCUT2D eigenvalue weighted by molar-refractivity contribution is 0.102. The minimum absolute atomic E-state index is 0.0244. The molecule has 0 amide bonds. The molecule has 0 N–H and O–H groups in total. The Balaban J connectivity index is 1.63. The Morgan fingerprint density at radius 1 is 0.879 bits per heavy atom. The third-order valence-electron chi connectivity index (χ3n) is 5.91. The number of ketones is 1. The van der Waals surface area contributed by atoms with E-state index in [4.69, 9.17) is 0 Å². The molecule has 7 heteroatoms. The molecule has 0 aliphatic rings. The third kappa shape index (κ3) is 3.64. The van der Waals surface area contributed by atoms with Crippen LogP contribution in [0, 0.1) is 20.8 Å². The molecule has 0 radical (unpaired) electrons. The highest BCUT2D eigenvalue weighted by Gasteiger charge is 2.19. The molecule has 0 fully saturated rings. The first-order valence-electron chi connectivity index (χ1n) is 10.6. The average molecular weight is 455 g/mol. The maximum atomic E-state index is 13.4. The number of aromatic nitrogens is 4. The molecule has 2 aromatic heterocycles. The van der Waals surface area contributed by atoms with E-state index in [1.54, 1.807) is 10.6 Å². The number of nitrogens with zero attached hydrogens (tertiary/aromatic N) is 4. The lowest BCUT2D eigenvalue weighted by atomic mass is 10.0. The van der Waals surface area contributed by atoms with Crippen molar-refractivity contribution in [2.75, 3.05) is 5.75 Å². The first-order valence-corrected chi connectivity index (χ1v) is 11.6. The lowest BCUT2D eigenvalue weighted by Gasteiger charge is -2.13. The molecule has 164 valence electrons. The van der Waals surface area contributed by atoms with E-state index in [0.717, 1.165) is 22.4 Å². The number of carbonyl (C=O) groups is 1. The molecule has 33 heavy (non-hydrogen) atoms. The molecule has 0 unspecified atom stereocenters. The molecule has 0 aliphatic heterocycles. The van der Waals surface area contributed by atoms with E-state index in [9.17, 15) is 9.59 Å². The van der Waals surface area contributed by atoms with Crippen LogP contribution in [0.1, 0.15) is 27.0 Å². The van der Waals surface area contributed by atoms with Crippen molar-refractivity contribution in [1.29, 1.82) is 0 Å². The Kier molecular flexibility index (Phi) is 5.34. The molecule has 5 rings (SSSR count). The minimum atomic E-state index is -0.150. The van der Waals surface area contributed by atoms with Crippen molar-refractivity contribution in [2.24, 2.45) is 0 Å². The second kappa shape index (κ2) is 8.33. The van der Waals surface area contributed by atoms with E-state index in [1.165, 1.54) is 11.8 Å². The Labute approximate surface area is 194 Å². The van der Waals surface area contributed by atoms with Crippen LogP contribution in [0.2, 0.25) is 0 Å². The number of thioether (sulfide) groups is 1. The van der Waals surface area contributed by atoms with Crippen molar-refractivity contribution in [3.05, 3.63) is 99.3 Å². The summed E-state index contributed by atoms with van der Waals surface area (Å²) >= 11 is 1.32. The Morgan fingerprint density at radius 3 is 2.42 bits per heavy atom. The van der Waals surface area contributed by atoms with Gasteiger partial charge in [0, 0.05) is 5.56 Å². The molecular formula is C26H22N4O2S. The van der Waals surface area contributed by atoms with Crippen LogP contribution < -0.4 is 5.56 Å². The van der Waals surface area contributed by atoms with Crippen LogP contribution in [0.4, 0.5) is 0 Å². The van der Waals surface area contributed by atoms with Crippen LogP contribution in [0.25, 0.3) is 22.4 Å². The number of carbonyl (C=O) groups excluding carboxylic acids is 1. The maximum Gasteiger partial charge on any atom is 0.267 e. The highest BCUT2D eigenvalue weighted by Crippen LogP contribution is 2.25. The predicted octanol–water partition coefficient (Wildman–Crippen LogP) is 4.93. The summed E-state index contributed by atoms with van der Waals surface area (Å²) in [6, 6.07) is 20.9. The topological polar surface area (TPSA) is 69.3 Å². The van der Waals surface area contributed by atoms with Crippen LogP contribution in [0.5, 0.6) is 0 Å². The van der Waals surface area contributed by atoms with E-state index in [1.807, 2.05) is 85.8 Å². The smallest absolute Gasteiger partial charge is 0.267 e. The van der Waals surface area contributed by atoms with E-state index in [2.05, 4.69) is 10.2 Å². The fraction of sp³-hybridized carbons (Fsp3) is 0.154. The van der Waals surface area contributed by atoms with E-state index >= 15 is 0 Å². The average Bonchev–Trinajstić information content (AvgIpc) is 3.24. The summed E-state index contributed by atoms with van der Waals surface area (Å²) < 4.78 is 3.46. The Hall–Kier alpha value is -3.71. The molecule has 3 aromatic carbocycles. The van der Waals surface area contributed by atoms with Crippen LogP contribution in [0.15, 0.2) is 76.7 Å². The number of aryl methyl sites for hydroxylation is 3. The number of para-hydroxylation sites is 2. The van der Waals surface area contributed by atoms with Gasteiger partial charge in [0.2, 0.25) is 5.78 Å². The third-order valence-corrected chi connectivity index (χ3v) is 6.84. The van der Waals surface area contributed by atoms with Gasteiger partial charge in [0.1, 0.15) is 0 Å². The molecule has 0 atom stereocenters. The molecule has 0 aliphatic carbocycles. The maximum absolute atomic E-state index is 13.4.